The summed E-state index contributed by atoms with van der Waals surface area (Å²) < 4.78 is 15.7. The van der Waals surface area contributed by atoms with Crippen molar-refractivity contribution in [3.63, 3.8) is 0 Å². The van der Waals surface area contributed by atoms with Gasteiger partial charge >= 0.3 is 0 Å². The monoisotopic (exact) mass is 191 g/mol. The first-order valence-electron chi connectivity index (χ1n) is 4.23. The average Bonchev–Trinajstić information content (AvgIpc) is 2.27. The number of ether oxygens (including phenoxy) is 3. The molecule has 1 aliphatic heterocycles. The molecule has 1 heterocycles. The van der Waals surface area contributed by atoms with Crippen molar-refractivity contribution in [3.8, 4) is 23.3 Å². The number of nitriles is 1. The first-order valence-corrected chi connectivity index (χ1v) is 4.23. The molecule has 14 heavy (non-hydrogen) atoms. The predicted molar refractivity (Wildman–Crippen MR) is 48.7 cm³/mol. The van der Waals surface area contributed by atoms with Gasteiger partial charge in [0.2, 0.25) is 0 Å². The van der Waals surface area contributed by atoms with E-state index in [2.05, 4.69) is 0 Å². The predicted octanol–water partition coefficient (Wildman–Crippen LogP) is 1.34. The molecule has 0 aliphatic carbocycles. The van der Waals surface area contributed by atoms with Gasteiger partial charge in [0.05, 0.1) is 7.11 Å². The third-order valence-corrected chi connectivity index (χ3v) is 1.97. The van der Waals surface area contributed by atoms with Gasteiger partial charge < -0.3 is 14.2 Å². The first kappa shape index (κ1) is 8.70. The van der Waals surface area contributed by atoms with Gasteiger partial charge in [-0.15, -0.1) is 0 Å². The highest BCUT2D eigenvalue weighted by atomic mass is 16.6. The van der Waals surface area contributed by atoms with Crippen LogP contribution in [0.2, 0.25) is 0 Å². The third-order valence-electron chi connectivity index (χ3n) is 1.97. The van der Waals surface area contributed by atoms with Crippen LogP contribution in [0.25, 0.3) is 0 Å². The molecule has 2 rings (SSSR count). The zero-order valence-electron chi connectivity index (χ0n) is 7.74. The summed E-state index contributed by atoms with van der Waals surface area (Å²) in [6.07, 6.45) is 0. The number of nitrogens with zero attached hydrogens (tertiary/aromatic N) is 1. The number of hydrogen-bond donors (Lipinski definition) is 0. The lowest BCUT2D eigenvalue weighted by atomic mass is 10.2. The van der Waals surface area contributed by atoms with Gasteiger partial charge in [-0.3, -0.25) is 0 Å². The van der Waals surface area contributed by atoms with E-state index in [0.29, 0.717) is 36.0 Å². The normalized spacial score (nSPS) is 13.1. The molecule has 0 spiro atoms. The Bertz CT molecular complexity index is 395. The summed E-state index contributed by atoms with van der Waals surface area (Å²) in [5.41, 5.74) is 0.444. The Morgan fingerprint density at radius 1 is 1.36 bits per heavy atom. The molecule has 0 saturated heterocycles. The van der Waals surface area contributed by atoms with Crippen LogP contribution in [0.3, 0.4) is 0 Å². The second kappa shape index (κ2) is 3.46. The molecule has 0 amide bonds. The molecule has 1 aromatic rings. The van der Waals surface area contributed by atoms with E-state index >= 15 is 0 Å². The van der Waals surface area contributed by atoms with E-state index in [1.807, 2.05) is 6.07 Å². The highest BCUT2D eigenvalue weighted by molar-refractivity contribution is 5.57. The van der Waals surface area contributed by atoms with Gasteiger partial charge in [-0.1, -0.05) is 0 Å². The maximum Gasteiger partial charge on any atom is 0.179 e. The van der Waals surface area contributed by atoms with Crippen molar-refractivity contribution in [2.24, 2.45) is 0 Å². The van der Waals surface area contributed by atoms with E-state index in [9.17, 15) is 0 Å². The second-order valence-corrected chi connectivity index (χ2v) is 2.81. The third kappa shape index (κ3) is 1.33. The maximum atomic E-state index is 8.87. The van der Waals surface area contributed by atoms with Crippen molar-refractivity contribution >= 4 is 0 Å². The van der Waals surface area contributed by atoms with Crippen molar-refractivity contribution in [1.29, 1.82) is 5.26 Å². The SMILES string of the molecule is COc1cc(C#N)c2c(c1)OCCO2. The zero-order chi connectivity index (χ0) is 9.97. The minimum atomic E-state index is 0.444. The number of hydrogen-bond acceptors (Lipinski definition) is 4. The molecule has 72 valence electrons. The van der Waals surface area contributed by atoms with Crippen LogP contribution in [-0.2, 0) is 0 Å². The molecule has 0 N–H and O–H groups in total. The highest BCUT2D eigenvalue weighted by Crippen LogP contribution is 2.37. The van der Waals surface area contributed by atoms with Crippen LogP contribution in [-0.4, -0.2) is 20.3 Å². The Balaban J connectivity index is 2.54. The van der Waals surface area contributed by atoms with Crippen LogP contribution < -0.4 is 14.2 Å². The second-order valence-electron chi connectivity index (χ2n) is 2.81. The van der Waals surface area contributed by atoms with E-state index in [4.69, 9.17) is 19.5 Å². The number of fused-ring (bicyclic) bond motifs is 1. The van der Waals surface area contributed by atoms with Crippen molar-refractivity contribution in [3.05, 3.63) is 17.7 Å². The molecule has 0 radical (unpaired) electrons. The molecule has 0 aromatic heterocycles. The van der Waals surface area contributed by atoms with E-state index < -0.39 is 0 Å². The van der Waals surface area contributed by atoms with Gasteiger partial charge in [0, 0.05) is 12.1 Å². The fraction of sp³-hybridized carbons (Fsp3) is 0.300. The highest BCUT2D eigenvalue weighted by Gasteiger charge is 2.17. The lowest BCUT2D eigenvalue weighted by Gasteiger charge is -2.19. The largest absolute Gasteiger partial charge is 0.497 e. The lowest BCUT2D eigenvalue weighted by molar-refractivity contribution is 0.170. The molecule has 1 aliphatic rings. The van der Waals surface area contributed by atoms with Crippen molar-refractivity contribution < 1.29 is 14.2 Å². The molecule has 0 fully saturated rings. The van der Waals surface area contributed by atoms with Crippen LogP contribution in [0.15, 0.2) is 12.1 Å². The Kier molecular flexibility index (Phi) is 2.15. The number of methoxy groups -OCH3 is 1. The van der Waals surface area contributed by atoms with E-state index in [1.54, 1.807) is 19.2 Å². The topological polar surface area (TPSA) is 51.5 Å². The molecule has 0 bridgehead atoms. The molecular weight excluding hydrogens is 182 g/mol. The maximum absolute atomic E-state index is 8.87. The van der Waals surface area contributed by atoms with Crippen LogP contribution in [0, 0.1) is 11.3 Å². The van der Waals surface area contributed by atoms with Crippen molar-refractivity contribution in [2.75, 3.05) is 20.3 Å². The quantitative estimate of drug-likeness (QED) is 0.672. The van der Waals surface area contributed by atoms with Crippen molar-refractivity contribution in [2.45, 2.75) is 0 Å². The zero-order valence-corrected chi connectivity index (χ0v) is 7.74. The van der Waals surface area contributed by atoms with E-state index in [1.165, 1.54) is 0 Å². The van der Waals surface area contributed by atoms with Crippen molar-refractivity contribution in [1.82, 2.24) is 0 Å². The molecule has 4 heteroatoms. The summed E-state index contributed by atoms with van der Waals surface area (Å²) in [7, 11) is 1.55. The van der Waals surface area contributed by atoms with Crippen LogP contribution in [0.4, 0.5) is 0 Å². The van der Waals surface area contributed by atoms with Gasteiger partial charge in [0.15, 0.2) is 11.5 Å². The van der Waals surface area contributed by atoms with Crippen LogP contribution in [0.1, 0.15) is 5.56 Å². The number of rotatable bonds is 1. The van der Waals surface area contributed by atoms with Gasteiger partial charge in [-0.05, 0) is 0 Å². The lowest BCUT2D eigenvalue weighted by Crippen LogP contribution is -2.16. The smallest absolute Gasteiger partial charge is 0.179 e. The van der Waals surface area contributed by atoms with Gasteiger partial charge in [-0.25, -0.2) is 0 Å². The first-order chi connectivity index (χ1) is 6.85. The number of benzene rings is 1. The van der Waals surface area contributed by atoms with Crippen LogP contribution in [0.5, 0.6) is 17.2 Å². The summed E-state index contributed by atoms with van der Waals surface area (Å²) in [5.74, 6) is 1.69. The fourth-order valence-electron chi connectivity index (χ4n) is 1.33. The molecule has 0 atom stereocenters. The van der Waals surface area contributed by atoms with E-state index in [-0.39, 0.29) is 0 Å². The van der Waals surface area contributed by atoms with Gasteiger partial charge in [0.25, 0.3) is 0 Å². The summed E-state index contributed by atoms with van der Waals surface area (Å²) in [6, 6.07) is 5.39. The Morgan fingerprint density at radius 2 is 2.14 bits per heavy atom. The van der Waals surface area contributed by atoms with Gasteiger partial charge in [-0.2, -0.15) is 5.26 Å². The Hall–Kier alpha value is -1.89. The Morgan fingerprint density at radius 3 is 2.86 bits per heavy atom. The van der Waals surface area contributed by atoms with Crippen LogP contribution >= 0.6 is 0 Å². The molecule has 0 saturated carbocycles. The molecule has 4 nitrogen and oxygen atoms in total. The standard InChI is InChI=1S/C10H9NO3/c1-12-8-4-7(6-11)10-9(5-8)13-2-3-14-10/h4-5H,2-3H2,1H3. The summed E-state index contributed by atoms with van der Waals surface area (Å²) in [4.78, 5) is 0. The molecular formula is C10H9NO3. The molecule has 0 unspecified atom stereocenters. The molecule has 1 aromatic carbocycles. The van der Waals surface area contributed by atoms with Gasteiger partial charge in [0.1, 0.15) is 30.6 Å². The fourth-order valence-corrected chi connectivity index (χ4v) is 1.33. The van der Waals surface area contributed by atoms with E-state index in [0.717, 1.165) is 0 Å². The summed E-state index contributed by atoms with van der Waals surface area (Å²) in [6.45, 7) is 0.985. The summed E-state index contributed by atoms with van der Waals surface area (Å²) >= 11 is 0. The Labute approximate surface area is 81.6 Å². The summed E-state index contributed by atoms with van der Waals surface area (Å²) in [5, 5.41) is 8.87. The minimum Gasteiger partial charge on any atom is -0.497 e. The minimum absolute atomic E-state index is 0.444. The average molecular weight is 191 g/mol.